The number of halogens is 1. The maximum Gasteiger partial charge on any atom is 0.253 e. The molecule has 2 aromatic rings. The molecule has 0 aliphatic rings. The minimum Gasteiger partial charge on any atom is -0.345 e. The van der Waals surface area contributed by atoms with E-state index in [1.807, 2.05) is 13.0 Å². The van der Waals surface area contributed by atoms with E-state index in [0.29, 0.717) is 5.02 Å². The summed E-state index contributed by atoms with van der Waals surface area (Å²) in [7, 11) is -3.46. The predicted octanol–water partition coefficient (Wildman–Crippen LogP) is 3.62. The summed E-state index contributed by atoms with van der Waals surface area (Å²) < 4.78 is 24.3. The van der Waals surface area contributed by atoms with Gasteiger partial charge in [0.05, 0.1) is 22.3 Å². The van der Waals surface area contributed by atoms with Crippen molar-refractivity contribution in [2.24, 2.45) is 0 Å². The lowest BCUT2D eigenvalue weighted by Gasteiger charge is -2.16. The van der Waals surface area contributed by atoms with Gasteiger partial charge in [0.1, 0.15) is 0 Å². The molecule has 1 atom stereocenters. The number of hydrogen-bond donors (Lipinski definition) is 1. The first kappa shape index (κ1) is 17.5. The fraction of sp³-hybridized carbons (Fsp3) is 0.235. The van der Waals surface area contributed by atoms with Crippen LogP contribution in [0, 0.1) is 0 Å². The zero-order chi connectivity index (χ0) is 17.0. The van der Waals surface area contributed by atoms with Crippen LogP contribution < -0.4 is 5.32 Å². The van der Waals surface area contributed by atoms with Gasteiger partial charge in [-0.3, -0.25) is 4.79 Å². The second-order valence-electron chi connectivity index (χ2n) is 5.15. The molecule has 2 rings (SSSR count). The molecule has 0 saturated carbocycles. The molecule has 122 valence electrons. The first-order valence-electron chi connectivity index (χ1n) is 7.23. The molecule has 6 heteroatoms. The van der Waals surface area contributed by atoms with Crippen molar-refractivity contribution in [3.63, 3.8) is 0 Å². The summed E-state index contributed by atoms with van der Waals surface area (Å²) in [6, 6.07) is 13.1. The van der Waals surface area contributed by atoms with E-state index in [-0.39, 0.29) is 22.3 Å². The Morgan fingerprint density at radius 3 is 2.52 bits per heavy atom. The Morgan fingerprint density at radius 2 is 1.87 bits per heavy atom. The summed E-state index contributed by atoms with van der Waals surface area (Å²) >= 11 is 5.95. The third-order valence-corrected chi connectivity index (χ3v) is 5.56. The van der Waals surface area contributed by atoms with Crippen molar-refractivity contribution < 1.29 is 13.2 Å². The highest BCUT2D eigenvalue weighted by atomic mass is 35.5. The Labute approximate surface area is 141 Å². The van der Waals surface area contributed by atoms with Crippen LogP contribution in [0.15, 0.2) is 53.4 Å². The number of nitrogens with one attached hydrogen (secondary N) is 1. The summed E-state index contributed by atoms with van der Waals surface area (Å²) in [4.78, 5) is 12.5. The minimum atomic E-state index is -3.46. The van der Waals surface area contributed by atoms with Crippen molar-refractivity contribution >= 4 is 27.3 Å². The van der Waals surface area contributed by atoms with Crippen molar-refractivity contribution in [2.45, 2.75) is 24.8 Å². The largest absolute Gasteiger partial charge is 0.345 e. The van der Waals surface area contributed by atoms with Crippen LogP contribution in [0.5, 0.6) is 0 Å². The highest BCUT2D eigenvalue weighted by molar-refractivity contribution is 7.91. The van der Waals surface area contributed by atoms with E-state index in [4.69, 9.17) is 11.6 Å². The molecule has 0 spiro atoms. The molecule has 4 nitrogen and oxygen atoms in total. The molecule has 23 heavy (non-hydrogen) atoms. The van der Waals surface area contributed by atoms with Gasteiger partial charge in [0.2, 0.25) is 0 Å². The van der Waals surface area contributed by atoms with Gasteiger partial charge in [-0.15, -0.1) is 0 Å². The van der Waals surface area contributed by atoms with Crippen molar-refractivity contribution in [1.29, 1.82) is 0 Å². The highest BCUT2D eigenvalue weighted by Gasteiger charge is 2.21. The molecular formula is C17H18ClNO3S. The van der Waals surface area contributed by atoms with Gasteiger partial charge in [-0.25, -0.2) is 8.42 Å². The van der Waals surface area contributed by atoms with Gasteiger partial charge in [-0.2, -0.15) is 0 Å². The lowest BCUT2D eigenvalue weighted by molar-refractivity contribution is 0.0936. The Bertz CT molecular complexity index is 818. The van der Waals surface area contributed by atoms with Gasteiger partial charge in [0.25, 0.3) is 5.91 Å². The van der Waals surface area contributed by atoms with E-state index in [9.17, 15) is 13.2 Å². The Kier molecular flexibility index (Phi) is 5.44. The quantitative estimate of drug-likeness (QED) is 0.894. The van der Waals surface area contributed by atoms with Crippen molar-refractivity contribution in [3.8, 4) is 0 Å². The van der Waals surface area contributed by atoms with E-state index in [1.165, 1.54) is 12.1 Å². The number of hydrogen-bond acceptors (Lipinski definition) is 3. The fourth-order valence-corrected chi connectivity index (χ4v) is 3.51. The topological polar surface area (TPSA) is 63.2 Å². The summed E-state index contributed by atoms with van der Waals surface area (Å²) in [6.07, 6.45) is 0. The number of carbonyl (C=O) groups is 1. The first-order chi connectivity index (χ1) is 10.8. The third kappa shape index (κ3) is 4.12. The molecule has 0 aromatic heterocycles. The van der Waals surface area contributed by atoms with Crippen molar-refractivity contribution in [1.82, 2.24) is 5.32 Å². The number of amides is 1. The van der Waals surface area contributed by atoms with Crippen LogP contribution >= 0.6 is 11.6 Å². The lowest BCUT2D eigenvalue weighted by atomic mass is 10.1. The van der Waals surface area contributed by atoms with Gasteiger partial charge in [0, 0.05) is 5.02 Å². The zero-order valence-electron chi connectivity index (χ0n) is 12.9. The van der Waals surface area contributed by atoms with Crippen LogP contribution in [0.2, 0.25) is 5.02 Å². The first-order valence-corrected chi connectivity index (χ1v) is 9.26. The fourth-order valence-electron chi connectivity index (χ4n) is 2.21. The van der Waals surface area contributed by atoms with Gasteiger partial charge in [-0.05, 0) is 36.8 Å². The molecular weight excluding hydrogens is 334 g/mol. The molecule has 1 amide bonds. The van der Waals surface area contributed by atoms with Crippen LogP contribution in [-0.2, 0) is 9.84 Å². The molecule has 0 heterocycles. The van der Waals surface area contributed by atoms with Crippen LogP contribution in [0.1, 0.15) is 35.8 Å². The van der Waals surface area contributed by atoms with Crippen LogP contribution in [0.25, 0.3) is 0 Å². The zero-order valence-corrected chi connectivity index (χ0v) is 14.5. The Balaban J connectivity index is 2.28. The molecule has 0 aliphatic carbocycles. The van der Waals surface area contributed by atoms with Gasteiger partial charge in [-0.1, -0.05) is 42.8 Å². The van der Waals surface area contributed by atoms with E-state index in [2.05, 4.69) is 5.32 Å². The predicted molar refractivity (Wildman–Crippen MR) is 91.5 cm³/mol. The SMILES string of the molecule is CCS(=O)(=O)c1ccccc1C(=O)NC(C)c1cccc(Cl)c1. The third-order valence-electron chi connectivity index (χ3n) is 3.54. The minimum absolute atomic E-state index is 0.0540. The van der Waals surface area contributed by atoms with Crippen molar-refractivity contribution in [2.75, 3.05) is 5.75 Å². The summed E-state index contributed by atoms with van der Waals surface area (Å²) in [5, 5.41) is 3.40. The van der Waals surface area contributed by atoms with Gasteiger partial charge in [0.15, 0.2) is 9.84 Å². The molecule has 0 radical (unpaired) electrons. The maximum absolute atomic E-state index is 12.5. The highest BCUT2D eigenvalue weighted by Crippen LogP contribution is 2.20. The Morgan fingerprint density at radius 1 is 1.17 bits per heavy atom. The lowest BCUT2D eigenvalue weighted by Crippen LogP contribution is -2.28. The van der Waals surface area contributed by atoms with Gasteiger partial charge >= 0.3 is 0 Å². The number of sulfone groups is 1. The molecule has 0 aliphatic heterocycles. The molecule has 0 saturated heterocycles. The second kappa shape index (κ2) is 7.15. The number of benzene rings is 2. The van der Waals surface area contributed by atoms with Crippen molar-refractivity contribution in [3.05, 3.63) is 64.7 Å². The molecule has 1 unspecified atom stereocenters. The second-order valence-corrected chi connectivity index (χ2v) is 7.83. The van der Waals surface area contributed by atoms with E-state index in [1.54, 1.807) is 37.3 Å². The molecule has 0 fully saturated rings. The summed E-state index contributed by atoms with van der Waals surface area (Å²) in [5.74, 6) is -0.480. The van der Waals surface area contributed by atoms with Crippen LogP contribution in [0.3, 0.4) is 0 Å². The Hall–Kier alpha value is -1.85. The average Bonchev–Trinajstić information content (AvgIpc) is 2.54. The molecule has 0 bridgehead atoms. The average molecular weight is 352 g/mol. The smallest absolute Gasteiger partial charge is 0.253 e. The number of carbonyl (C=O) groups excluding carboxylic acids is 1. The normalized spacial score (nSPS) is 12.7. The van der Waals surface area contributed by atoms with E-state index in [0.717, 1.165) is 5.56 Å². The van der Waals surface area contributed by atoms with E-state index < -0.39 is 15.7 Å². The standard InChI is InChI=1S/C17H18ClNO3S/c1-3-23(21,22)16-10-5-4-9-15(16)17(20)19-12(2)13-7-6-8-14(18)11-13/h4-12H,3H2,1-2H3,(H,19,20). The van der Waals surface area contributed by atoms with Gasteiger partial charge < -0.3 is 5.32 Å². The van der Waals surface area contributed by atoms with Crippen LogP contribution in [0.4, 0.5) is 0 Å². The summed E-state index contributed by atoms with van der Waals surface area (Å²) in [5.41, 5.74) is 1.00. The number of rotatable bonds is 5. The monoisotopic (exact) mass is 351 g/mol. The molecule has 1 N–H and O–H groups in total. The summed E-state index contributed by atoms with van der Waals surface area (Å²) in [6.45, 7) is 3.37. The van der Waals surface area contributed by atoms with Crippen LogP contribution in [-0.4, -0.2) is 20.1 Å². The molecule has 2 aromatic carbocycles. The van der Waals surface area contributed by atoms with E-state index >= 15 is 0 Å². The maximum atomic E-state index is 12.5.